The summed E-state index contributed by atoms with van der Waals surface area (Å²) in [5.41, 5.74) is 2.11. The SMILES string of the molecule is O=C1CC[C@](CCC(=O)N2CCC[C@@H]2c2nc3ccc(F)cc3[nH]2)(Cc2cccc3ccccc23)N1. The van der Waals surface area contributed by atoms with Gasteiger partial charge in [-0.25, -0.2) is 9.37 Å². The third-order valence-electron chi connectivity index (χ3n) is 7.81. The maximum absolute atomic E-state index is 13.6. The fourth-order valence-electron chi connectivity index (χ4n) is 5.99. The van der Waals surface area contributed by atoms with Crippen molar-refractivity contribution in [1.29, 1.82) is 0 Å². The summed E-state index contributed by atoms with van der Waals surface area (Å²) in [5, 5.41) is 5.59. The molecule has 0 spiro atoms. The van der Waals surface area contributed by atoms with Gasteiger partial charge < -0.3 is 15.2 Å². The van der Waals surface area contributed by atoms with Gasteiger partial charge in [-0.1, -0.05) is 42.5 Å². The van der Waals surface area contributed by atoms with Crippen molar-refractivity contribution in [1.82, 2.24) is 20.2 Å². The van der Waals surface area contributed by atoms with Gasteiger partial charge in [-0.05, 0) is 66.6 Å². The average Bonchev–Trinajstić information content (AvgIpc) is 3.61. The van der Waals surface area contributed by atoms with Crippen LogP contribution in [0.2, 0.25) is 0 Å². The summed E-state index contributed by atoms with van der Waals surface area (Å²) >= 11 is 0. The van der Waals surface area contributed by atoms with Crippen molar-refractivity contribution in [3.05, 3.63) is 77.9 Å². The van der Waals surface area contributed by atoms with Crippen molar-refractivity contribution in [2.24, 2.45) is 0 Å². The Hall–Kier alpha value is -3.74. The molecule has 2 saturated heterocycles. The number of rotatable bonds is 6. The van der Waals surface area contributed by atoms with Crippen LogP contribution in [0.15, 0.2) is 60.7 Å². The smallest absolute Gasteiger partial charge is 0.223 e. The fourth-order valence-corrected chi connectivity index (χ4v) is 5.99. The number of amides is 2. The molecule has 2 N–H and O–H groups in total. The van der Waals surface area contributed by atoms with E-state index in [9.17, 15) is 14.0 Å². The number of aromatic amines is 1. The van der Waals surface area contributed by atoms with Gasteiger partial charge in [0.1, 0.15) is 11.6 Å². The van der Waals surface area contributed by atoms with Gasteiger partial charge in [0.2, 0.25) is 11.8 Å². The van der Waals surface area contributed by atoms with Crippen molar-refractivity contribution in [3.8, 4) is 0 Å². The van der Waals surface area contributed by atoms with Crippen LogP contribution < -0.4 is 5.32 Å². The number of fused-ring (bicyclic) bond motifs is 2. The van der Waals surface area contributed by atoms with Crippen LogP contribution in [0.5, 0.6) is 0 Å². The quantitative estimate of drug-likeness (QED) is 0.395. The second kappa shape index (κ2) is 9.04. The zero-order valence-electron chi connectivity index (χ0n) is 20.1. The first-order valence-corrected chi connectivity index (χ1v) is 12.7. The molecule has 3 heterocycles. The van der Waals surface area contributed by atoms with E-state index in [0.29, 0.717) is 49.1 Å². The Morgan fingerprint density at radius 3 is 2.86 bits per heavy atom. The van der Waals surface area contributed by atoms with Crippen LogP contribution in [0.25, 0.3) is 21.8 Å². The van der Waals surface area contributed by atoms with E-state index >= 15 is 0 Å². The number of likely N-dealkylation sites (tertiary alicyclic amines) is 1. The second-order valence-electron chi connectivity index (χ2n) is 10.2. The van der Waals surface area contributed by atoms with Crippen molar-refractivity contribution in [3.63, 3.8) is 0 Å². The first kappa shape index (κ1) is 22.7. The predicted octanol–water partition coefficient (Wildman–Crippen LogP) is 5.19. The first-order chi connectivity index (χ1) is 17.5. The average molecular weight is 485 g/mol. The Kier molecular flexibility index (Phi) is 5.70. The number of nitrogens with zero attached hydrogens (tertiary/aromatic N) is 2. The molecule has 6 rings (SSSR count). The maximum Gasteiger partial charge on any atom is 0.223 e. The molecule has 0 saturated carbocycles. The monoisotopic (exact) mass is 484 g/mol. The van der Waals surface area contributed by atoms with Crippen LogP contribution in [-0.4, -0.2) is 38.8 Å². The number of carbonyl (C=O) groups is 2. The number of hydrogen-bond donors (Lipinski definition) is 2. The van der Waals surface area contributed by atoms with E-state index < -0.39 is 5.54 Å². The minimum Gasteiger partial charge on any atom is -0.350 e. The number of benzene rings is 3. The zero-order valence-corrected chi connectivity index (χ0v) is 20.1. The zero-order chi connectivity index (χ0) is 24.7. The van der Waals surface area contributed by atoms with Gasteiger partial charge in [0.15, 0.2) is 0 Å². The Morgan fingerprint density at radius 1 is 1.14 bits per heavy atom. The number of carbonyl (C=O) groups excluding carboxylic acids is 2. The highest BCUT2D eigenvalue weighted by Gasteiger charge is 2.40. The number of halogens is 1. The van der Waals surface area contributed by atoms with E-state index in [4.69, 9.17) is 0 Å². The molecule has 184 valence electrons. The Morgan fingerprint density at radius 2 is 2.00 bits per heavy atom. The van der Waals surface area contributed by atoms with Crippen molar-refractivity contribution >= 4 is 33.6 Å². The van der Waals surface area contributed by atoms with Crippen LogP contribution in [0.4, 0.5) is 4.39 Å². The molecule has 4 aromatic rings. The lowest BCUT2D eigenvalue weighted by atomic mass is 9.83. The van der Waals surface area contributed by atoms with E-state index in [1.54, 1.807) is 6.07 Å². The maximum atomic E-state index is 13.6. The van der Waals surface area contributed by atoms with E-state index in [-0.39, 0.29) is 23.7 Å². The van der Waals surface area contributed by atoms with E-state index in [0.717, 1.165) is 19.3 Å². The highest BCUT2D eigenvalue weighted by atomic mass is 19.1. The van der Waals surface area contributed by atoms with E-state index in [1.807, 2.05) is 17.0 Å². The number of hydrogen-bond acceptors (Lipinski definition) is 3. The van der Waals surface area contributed by atoms with Crippen LogP contribution in [-0.2, 0) is 16.0 Å². The predicted molar refractivity (Wildman–Crippen MR) is 137 cm³/mol. The molecule has 2 amide bonds. The molecular formula is C29H29FN4O2. The lowest BCUT2D eigenvalue weighted by Crippen LogP contribution is -2.45. The van der Waals surface area contributed by atoms with Gasteiger partial charge in [0.25, 0.3) is 0 Å². The molecule has 2 aliphatic rings. The third-order valence-corrected chi connectivity index (χ3v) is 7.81. The molecule has 6 nitrogen and oxygen atoms in total. The molecule has 1 aromatic heterocycles. The van der Waals surface area contributed by atoms with Crippen molar-refractivity contribution in [2.45, 2.75) is 56.5 Å². The number of H-pyrrole nitrogens is 1. The Balaban J connectivity index is 1.20. The first-order valence-electron chi connectivity index (χ1n) is 12.7. The Labute approximate surface area is 208 Å². The highest BCUT2D eigenvalue weighted by molar-refractivity contribution is 5.86. The van der Waals surface area contributed by atoms with Crippen LogP contribution in [0.1, 0.15) is 56.0 Å². The summed E-state index contributed by atoms with van der Waals surface area (Å²) in [6.07, 6.45) is 4.59. The molecular weight excluding hydrogens is 455 g/mol. The molecule has 2 fully saturated rings. The lowest BCUT2D eigenvalue weighted by molar-refractivity contribution is -0.133. The van der Waals surface area contributed by atoms with Gasteiger partial charge in [-0.3, -0.25) is 9.59 Å². The van der Waals surface area contributed by atoms with Gasteiger partial charge in [-0.15, -0.1) is 0 Å². The lowest BCUT2D eigenvalue weighted by Gasteiger charge is -2.31. The van der Waals surface area contributed by atoms with Crippen molar-refractivity contribution in [2.75, 3.05) is 6.54 Å². The fraction of sp³-hybridized carbons (Fsp3) is 0.345. The minimum absolute atomic E-state index is 0.0521. The molecule has 0 radical (unpaired) electrons. The molecule has 0 unspecified atom stereocenters. The number of nitrogens with one attached hydrogen (secondary N) is 2. The van der Waals surface area contributed by atoms with Gasteiger partial charge in [0.05, 0.1) is 17.1 Å². The largest absolute Gasteiger partial charge is 0.350 e. The summed E-state index contributed by atoms with van der Waals surface area (Å²) < 4.78 is 13.6. The summed E-state index contributed by atoms with van der Waals surface area (Å²) in [4.78, 5) is 35.5. The van der Waals surface area contributed by atoms with Gasteiger partial charge in [-0.2, -0.15) is 0 Å². The van der Waals surface area contributed by atoms with Gasteiger partial charge >= 0.3 is 0 Å². The molecule has 2 atom stereocenters. The van der Waals surface area contributed by atoms with Gasteiger partial charge in [0, 0.05) is 24.9 Å². The molecule has 36 heavy (non-hydrogen) atoms. The van der Waals surface area contributed by atoms with Crippen molar-refractivity contribution < 1.29 is 14.0 Å². The summed E-state index contributed by atoms with van der Waals surface area (Å²) in [7, 11) is 0. The highest BCUT2D eigenvalue weighted by Crippen LogP contribution is 2.35. The number of imidazole rings is 1. The standard InChI is InChI=1S/C29H29FN4O2/c30-21-10-11-23-24(17-21)32-28(31-23)25-9-4-16-34(25)27(36)13-15-29(14-12-26(35)33-29)18-20-7-3-6-19-5-1-2-8-22(19)20/h1-3,5-8,10-11,17,25H,4,9,12-16,18H2,(H,31,32)(H,33,35)/t25-,29+/m1/s1. The minimum atomic E-state index is -0.428. The molecule has 0 aliphatic carbocycles. The summed E-state index contributed by atoms with van der Waals surface area (Å²) in [6.45, 7) is 0.678. The normalized spacial score (nSPS) is 22.0. The van der Waals surface area contributed by atoms with Crippen LogP contribution in [0, 0.1) is 5.82 Å². The Bertz CT molecular complexity index is 1460. The second-order valence-corrected chi connectivity index (χ2v) is 10.2. The van der Waals surface area contributed by atoms with E-state index in [1.165, 1.54) is 28.5 Å². The molecule has 3 aromatic carbocycles. The molecule has 0 bridgehead atoms. The summed E-state index contributed by atoms with van der Waals surface area (Å²) in [5.74, 6) is 0.520. The van der Waals surface area contributed by atoms with Crippen LogP contribution in [0.3, 0.4) is 0 Å². The van der Waals surface area contributed by atoms with E-state index in [2.05, 4.69) is 45.6 Å². The molecule has 7 heteroatoms. The molecule has 2 aliphatic heterocycles. The number of aromatic nitrogens is 2. The topological polar surface area (TPSA) is 78.1 Å². The summed E-state index contributed by atoms with van der Waals surface area (Å²) in [6, 6.07) is 18.9. The third kappa shape index (κ3) is 4.23. The van der Waals surface area contributed by atoms with Crippen LogP contribution >= 0.6 is 0 Å².